The van der Waals surface area contributed by atoms with Gasteiger partial charge in [-0.1, -0.05) is 44.0 Å². The minimum atomic E-state index is -0.0383. The molecule has 1 saturated heterocycles. The van der Waals surface area contributed by atoms with Crippen molar-refractivity contribution in [1.82, 2.24) is 30.4 Å². The van der Waals surface area contributed by atoms with Crippen molar-refractivity contribution in [2.75, 3.05) is 13.1 Å². The maximum atomic E-state index is 12.3. The van der Waals surface area contributed by atoms with Crippen molar-refractivity contribution in [2.24, 2.45) is 5.92 Å². The van der Waals surface area contributed by atoms with E-state index in [1.807, 2.05) is 12.1 Å². The second-order valence-corrected chi connectivity index (χ2v) is 8.26. The zero-order valence-electron chi connectivity index (χ0n) is 16.7. The Morgan fingerprint density at radius 1 is 1.11 bits per heavy atom. The number of hydrogen-bond donors (Lipinski definition) is 1. The van der Waals surface area contributed by atoms with Crippen molar-refractivity contribution < 1.29 is 4.79 Å². The Morgan fingerprint density at radius 3 is 2.61 bits per heavy atom. The second kappa shape index (κ2) is 8.82. The maximum Gasteiger partial charge on any atom is 0.243 e. The van der Waals surface area contributed by atoms with Crippen LogP contribution in [-0.4, -0.2) is 50.1 Å². The molecule has 2 aromatic rings. The predicted molar refractivity (Wildman–Crippen MR) is 107 cm³/mol. The quantitative estimate of drug-likeness (QED) is 0.831. The van der Waals surface area contributed by atoms with E-state index in [9.17, 15) is 4.79 Å². The Balaban J connectivity index is 1.32. The molecule has 2 fully saturated rings. The van der Waals surface area contributed by atoms with Gasteiger partial charge in [-0.25, -0.2) is 0 Å². The Labute approximate surface area is 166 Å². The topological polar surface area (TPSA) is 75.9 Å². The monoisotopic (exact) mass is 382 g/mol. The number of rotatable bonds is 6. The van der Waals surface area contributed by atoms with Crippen LogP contribution < -0.4 is 5.32 Å². The first-order valence-corrected chi connectivity index (χ1v) is 10.6. The van der Waals surface area contributed by atoms with Crippen molar-refractivity contribution >= 4 is 5.91 Å². The minimum absolute atomic E-state index is 0.0383. The number of nitrogens with zero attached hydrogens (tertiary/aromatic N) is 5. The molecule has 1 saturated carbocycles. The average molecular weight is 383 g/mol. The lowest BCUT2D eigenvalue weighted by Gasteiger charge is -2.29. The third-order valence-electron chi connectivity index (χ3n) is 6.01. The van der Waals surface area contributed by atoms with Gasteiger partial charge in [0.15, 0.2) is 0 Å². The van der Waals surface area contributed by atoms with Crippen molar-refractivity contribution in [2.45, 2.75) is 64.6 Å². The maximum absolute atomic E-state index is 12.3. The van der Waals surface area contributed by atoms with Gasteiger partial charge in [0.1, 0.15) is 6.54 Å². The number of amides is 1. The Bertz CT molecular complexity index is 780. The van der Waals surface area contributed by atoms with Gasteiger partial charge in [-0.3, -0.25) is 9.69 Å². The third kappa shape index (κ3) is 4.76. The summed E-state index contributed by atoms with van der Waals surface area (Å²) in [6.07, 6.45) is 7.31. The summed E-state index contributed by atoms with van der Waals surface area (Å²) in [5.41, 5.74) is 2.23. The van der Waals surface area contributed by atoms with E-state index in [1.54, 1.807) is 0 Å². The molecule has 2 atom stereocenters. The van der Waals surface area contributed by atoms with E-state index in [2.05, 4.69) is 44.7 Å². The van der Waals surface area contributed by atoms with Gasteiger partial charge in [0.25, 0.3) is 0 Å². The van der Waals surface area contributed by atoms with Crippen LogP contribution in [0, 0.1) is 5.92 Å². The number of tetrazole rings is 1. The molecule has 0 spiro atoms. The largest absolute Gasteiger partial charge is 0.351 e. The van der Waals surface area contributed by atoms with Crippen LogP contribution in [0.15, 0.2) is 24.3 Å². The molecule has 7 nitrogen and oxygen atoms in total. The summed E-state index contributed by atoms with van der Waals surface area (Å²) in [6, 6.07) is 8.61. The van der Waals surface area contributed by atoms with Gasteiger partial charge in [0, 0.05) is 18.2 Å². The van der Waals surface area contributed by atoms with Crippen LogP contribution in [0.25, 0.3) is 11.4 Å². The van der Waals surface area contributed by atoms with Crippen molar-refractivity contribution in [3.63, 3.8) is 0 Å². The highest BCUT2D eigenvalue weighted by Crippen LogP contribution is 2.23. The number of carbonyl (C=O) groups is 1. The molecule has 1 aromatic carbocycles. The molecular formula is C21H30N6O. The smallest absolute Gasteiger partial charge is 0.243 e. The second-order valence-electron chi connectivity index (χ2n) is 8.26. The van der Waals surface area contributed by atoms with E-state index in [0.717, 1.165) is 18.5 Å². The summed E-state index contributed by atoms with van der Waals surface area (Å²) >= 11 is 0. The first kappa shape index (κ1) is 19.1. The highest BCUT2D eigenvalue weighted by molar-refractivity contribution is 5.75. The first-order chi connectivity index (χ1) is 13.7. The summed E-state index contributed by atoms with van der Waals surface area (Å²) < 4.78 is 0. The van der Waals surface area contributed by atoms with Gasteiger partial charge in [-0.15, -0.1) is 10.2 Å². The summed E-state index contributed by atoms with van der Waals surface area (Å²) in [4.78, 5) is 16.2. The molecule has 2 aliphatic rings. The molecule has 7 heteroatoms. The van der Waals surface area contributed by atoms with E-state index < -0.39 is 0 Å². The summed E-state index contributed by atoms with van der Waals surface area (Å²) in [6.45, 7) is 5.71. The van der Waals surface area contributed by atoms with Crippen LogP contribution in [0.5, 0.6) is 0 Å². The molecule has 1 aliphatic heterocycles. The van der Waals surface area contributed by atoms with E-state index in [4.69, 9.17) is 0 Å². The standard InChI is InChI=1S/C21H30N6O/c1-16-6-2-3-7-19(16)22-20(28)15-27-24-21(23-25-27)18-10-8-17(9-11-18)14-26-12-4-5-13-26/h8-11,16,19H,2-7,12-15H2,1H3,(H,22,28)/t16-,19-/m1/s1. The van der Waals surface area contributed by atoms with Crippen molar-refractivity contribution in [3.05, 3.63) is 29.8 Å². The zero-order chi connectivity index (χ0) is 19.3. The fourth-order valence-corrected chi connectivity index (χ4v) is 4.30. The third-order valence-corrected chi connectivity index (χ3v) is 6.01. The molecule has 1 aromatic heterocycles. The van der Waals surface area contributed by atoms with Crippen LogP contribution in [0.1, 0.15) is 51.0 Å². The van der Waals surface area contributed by atoms with E-state index in [0.29, 0.717) is 11.7 Å². The summed E-state index contributed by atoms with van der Waals surface area (Å²) in [5, 5.41) is 15.7. The van der Waals surface area contributed by atoms with Gasteiger partial charge >= 0.3 is 0 Å². The molecule has 28 heavy (non-hydrogen) atoms. The number of nitrogens with one attached hydrogen (secondary N) is 1. The minimum Gasteiger partial charge on any atom is -0.351 e. The fourth-order valence-electron chi connectivity index (χ4n) is 4.30. The van der Waals surface area contributed by atoms with E-state index in [1.165, 1.54) is 55.6 Å². The summed E-state index contributed by atoms with van der Waals surface area (Å²) in [7, 11) is 0. The number of hydrogen-bond acceptors (Lipinski definition) is 5. The van der Waals surface area contributed by atoms with Crippen LogP contribution >= 0.6 is 0 Å². The summed E-state index contributed by atoms with van der Waals surface area (Å²) in [5.74, 6) is 1.06. The number of likely N-dealkylation sites (tertiary alicyclic amines) is 1. The van der Waals surface area contributed by atoms with Crippen LogP contribution in [-0.2, 0) is 17.9 Å². The average Bonchev–Trinajstić information content (AvgIpc) is 3.36. The highest BCUT2D eigenvalue weighted by atomic mass is 16.2. The van der Waals surface area contributed by atoms with Gasteiger partial charge in [-0.05, 0) is 55.5 Å². The molecule has 0 bridgehead atoms. The van der Waals surface area contributed by atoms with Gasteiger partial charge in [0.2, 0.25) is 11.7 Å². The fraction of sp³-hybridized carbons (Fsp3) is 0.619. The van der Waals surface area contributed by atoms with Gasteiger partial charge in [0.05, 0.1) is 0 Å². The molecule has 150 valence electrons. The zero-order valence-corrected chi connectivity index (χ0v) is 16.7. The number of aromatic nitrogens is 4. The molecule has 4 rings (SSSR count). The number of benzene rings is 1. The molecule has 1 amide bonds. The van der Waals surface area contributed by atoms with Gasteiger partial charge in [-0.2, -0.15) is 4.80 Å². The van der Waals surface area contributed by atoms with Crippen LogP contribution in [0.2, 0.25) is 0 Å². The number of carbonyl (C=O) groups excluding carboxylic acids is 1. The SMILES string of the molecule is C[C@@H]1CCCC[C@H]1NC(=O)Cn1nnc(-c2ccc(CN3CCCC3)cc2)n1. The molecule has 0 radical (unpaired) electrons. The molecule has 0 unspecified atom stereocenters. The first-order valence-electron chi connectivity index (χ1n) is 10.6. The molecule has 1 aliphatic carbocycles. The lowest BCUT2D eigenvalue weighted by Crippen LogP contribution is -2.42. The van der Waals surface area contributed by atoms with E-state index in [-0.39, 0.29) is 18.5 Å². The lowest BCUT2D eigenvalue weighted by molar-refractivity contribution is -0.123. The molecular weight excluding hydrogens is 352 g/mol. The molecule has 2 heterocycles. The van der Waals surface area contributed by atoms with E-state index >= 15 is 0 Å². The van der Waals surface area contributed by atoms with Gasteiger partial charge < -0.3 is 5.32 Å². The van der Waals surface area contributed by atoms with Crippen LogP contribution in [0.4, 0.5) is 0 Å². The van der Waals surface area contributed by atoms with Crippen molar-refractivity contribution in [1.29, 1.82) is 0 Å². The molecule has 1 N–H and O–H groups in total. The highest BCUT2D eigenvalue weighted by Gasteiger charge is 2.23. The lowest BCUT2D eigenvalue weighted by atomic mass is 9.86. The Kier molecular flexibility index (Phi) is 6.00. The predicted octanol–water partition coefficient (Wildman–Crippen LogP) is 2.63. The Hall–Kier alpha value is -2.28. The normalized spacial score (nSPS) is 23.0. The van der Waals surface area contributed by atoms with Crippen LogP contribution in [0.3, 0.4) is 0 Å². The van der Waals surface area contributed by atoms with Crippen molar-refractivity contribution in [3.8, 4) is 11.4 Å². The Morgan fingerprint density at radius 2 is 1.86 bits per heavy atom.